The highest BCUT2D eigenvalue weighted by molar-refractivity contribution is 5.20. The van der Waals surface area contributed by atoms with Gasteiger partial charge in [-0.2, -0.15) is 0 Å². The lowest BCUT2D eigenvalue weighted by Crippen LogP contribution is -2.45. The van der Waals surface area contributed by atoms with E-state index in [2.05, 4.69) is 40.5 Å². The molecular weight excluding hydrogens is 280 g/mol. The zero-order chi connectivity index (χ0) is 15.5. The van der Waals surface area contributed by atoms with Crippen LogP contribution in [0.1, 0.15) is 69.4 Å². The Hall–Kier alpha value is -0.860. The molecule has 3 fully saturated rings. The van der Waals surface area contributed by atoms with Crippen molar-refractivity contribution in [3.8, 4) is 0 Å². The second kappa shape index (κ2) is 7.36. The summed E-state index contributed by atoms with van der Waals surface area (Å²) < 4.78 is 0. The van der Waals surface area contributed by atoms with Crippen molar-refractivity contribution >= 4 is 0 Å². The van der Waals surface area contributed by atoms with Gasteiger partial charge < -0.3 is 10.2 Å². The van der Waals surface area contributed by atoms with Crippen LogP contribution in [0, 0.1) is 5.92 Å². The summed E-state index contributed by atoms with van der Waals surface area (Å²) in [6.45, 7) is 2.63. The Morgan fingerprint density at radius 3 is 2.17 bits per heavy atom. The average Bonchev–Trinajstić information content (AvgIpc) is 3.47. The van der Waals surface area contributed by atoms with Gasteiger partial charge in [0.1, 0.15) is 0 Å². The Morgan fingerprint density at radius 2 is 1.52 bits per heavy atom. The van der Waals surface area contributed by atoms with E-state index in [1.165, 1.54) is 76.4 Å². The van der Waals surface area contributed by atoms with Crippen LogP contribution < -0.4 is 5.32 Å². The van der Waals surface area contributed by atoms with Crippen molar-refractivity contribution in [3.63, 3.8) is 0 Å². The number of rotatable bonds is 5. The standard InChI is InChI=1S/C21H32N2/c1-3-7-17(8-4-1)21(18-9-5-2-6-10-18)22-19-13-15-23(16-14-19)20-11-12-20/h1,3-4,7-8,18-22H,2,5-6,9-16H2. The predicted molar refractivity (Wildman–Crippen MR) is 96.5 cm³/mol. The van der Waals surface area contributed by atoms with Crippen LogP contribution in [-0.2, 0) is 0 Å². The number of benzene rings is 1. The Labute approximate surface area is 141 Å². The minimum absolute atomic E-state index is 0.578. The first-order valence-corrected chi connectivity index (χ1v) is 9.95. The van der Waals surface area contributed by atoms with Crippen LogP contribution in [0.3, 0.4) is 0 Å². The first-order chi connectivity index (χ1) is 11.4. The van der Waals surface area contributed by atoms with E-state index in [0.717, 1.165) is 18.0 Å². The van der Waals surface area contributed by atoms with Gasteiger partial charge in [-0.3, -0.25) is 0 Å². The fourth-order valence-electron chi connectivity index (χ4n) is 4.76. The summed E-state index contributed by atoms with van der Waals surface area (Å²) in [5.41, 5.74) is 1.52. The van der Waals surface area contributed by atoms with Crippen LogP contribution in [-0.4, -0.2) is 30.1 Å². The van der Waals surface area contributed by atoms with E-state index in [-0.39, 0.29) is 0 Å². The molecule has 1 aromatic carbocycles. The Morgan fingerprint density at radius 1 is 0.826 bits per heavy atom. The van der Waals surface area contributed by atoms with Gasteiger partial charge in [-0.15, -0.1) is 0 Å². The van der Waals surface area contributed by atoms with Crippen molar-refractivity contribution in [3.05, 3.63) is 35.9 Å². The van der Waals surface area contributed by atoms with Crippen molar-refractivity contribution in [2.24, 2.45) is 5.92 Å². The molecule has 4 rings (SSSR count). The van der Waals surface area contributed by atoms with Gasteiger partial charge in [0.05, 0.1) is 0 Å². The summed E-state index contributed by atoms with van der Waals surface area (Å²) in [7, 11) is 0. The number of hydrogen-bond donors (Lipinski definition) is 1. The van der Waals surface area contributed by atoms with Gasteiger partial charge in [0.2, 0.25) is 0 Å². The first-order valence-electron chi connectivity index (χ1n) is 9.95. The van der Waals surface area contributed by atoms with E-state index in [0.29, 0.717) is 6.04 Å². The molecular formula is C21H32N2. The molecule has 1 heterocycles. The molecule has 0 aromatic heterocycles. The Bertz CT molecular complexity index is 468. The van der Waals surface area contributed by atoms with Crippen molar-refractivity contribution in [1.29, 1.82) is 0 Å². The highest BCUT2D eigenvalue weighted by Gasteiger charge is 2.33. The van der Waals surface area contributed by atoms with Gasteiger partial charge in [-0.1, -0.05) is 49.6 Å². The number of piperidine rings is 1. The smallest absolute Gasteiger partial charge is 0.0351 e. The summed E-state index contributed by atoms with van der Waals surface area (Å²) in [5.74, 6) is 0.840. The van der Waals surface area contributed by atoms with E-state index in [1.54, 1.807) is 0 Å². The summed E-state index contributed by atoms with van der Waals surface area (Å²) in [4.78, 5) is 2.73. The molecule has 23 heavy (non-hydrogen) atoms. The van der Waals surface area contributed by atoms with Gasteiger partial charge in [0, 0.05) is 18.1 Å². The van der Waals surface area contributed by atoms with Crippen LogP contribution in [0.5, 0.6) is 0 Å². The molecule has 126 valence electrons. The maximum absolute atomic E-state index is 4.10. The van der Waals surface area contributed by atoms with E-state index in [1.807, 2.05) is 0 Å². The molecule has 2 nitrogen and oxygen atoms in total. The molecule has 0 amide bonds. The van der Waals surface area contributed by atoms with Crippen LogP contribution >= 0.6 is 0 Å². The molecule has 0 radical (unpaired) electrons. The quantitative estimate of drug-likeness (QED) is 0.859. The topological polar surface area (TPSA) is 15.3 Å². The van der Waals surface area contributed by atoms with Crippen LogP contribution in [0.2, 0.25) is 0 Å². The average molecular weight is 313 g/mol. The highest BCUT2D eigenvalue weighted by Crippen LogP contribution is 2.36. The third-order valence-electron chi connectivity index (χ3n) is 6.29. The fourth-order valence-corrected chi connectivity index (χ4v) is 4.76. The van der Waals surface area contributed by atoms with E-state index in [4.69, 9.17) is 0 Å². The summed E-state index contributed by atoms with van der Waals surface area (Å²) in [5, 5.41) is 4.10. The molecule has 3 aliphatic rings. The predicted octanol–water partition coefficient (Wildman–Crippen LogP) is 4.52. The highest BCUT2D eigenvalue weighted by atomic mass is 15.2. The molecule has 1 saturated heterocycles. The van der Waals surface area contributed by atoms with Crippen LogP contribution in [0.15, 0.2) is 30.3 Å². The Kier molecular flexibility index (Phi) is 5.01. The molecule has 2 heteroatoms. The molecule has 1 aliphatic heterocycles. The molecule has 1 unspecified atom stereocenters. The van der Waals surface area contributed by atoms with Crippen molar-refractivity contribution in [2.75, 3.05) is 13.1 Å². The minimum Gasteiger partial charge on any atom is -0.307 e. The van der Waals surface area contributed by atoms with Crippen molar-refractivity contribution in [2.45, 2.75) is 75.9 Å². The van der Waals surface area contributed by atoms with Gasteiger partial charge in [0.15, 0.2) is 0 Å². The maximum Gasteiger partial charge on any atom is 0.0351 e. The lowest BCUT2D eigenvalue weighted by atomic mass is 9.80. The van der Waals surface area contributed by atoms with E-state index in [9.17, 15) is 0 Å². The number of likely N-dealkylation sites (tertiary alicyclic amines) is 1. The maximum atomic E-state index is 4.10. The summed E-state index contributed by atoms with van der Waals surface area (Å²) in [6.07, 6.45) is 12.7. The molecule has 1 N–H and O–H groups in total. The minimum atomic E-state index is 0.578. The lowest BCUT2D eigenvalue weighted by molar-refractivity contribution is 0.166. The molecule has 0 bridgehead atoms. The van der Waals surface area contributed by atoms with Crippen LogP contribution in [0.4, 0.5) is 0 Å². The molecule has 2 aliphatic carbocycles. The zero-order valence-corrected chi connectivity index (χ0v) is 14.4. The SMILES string of the molecule is c1ccc(C(NC2CCN(C3CC3)CC2)C2CCCCC2)cc1. The molecule has 1 atom stereocenters. The zero-order valence-electron chi connectivity index (χ0n) is 14.4. The number of nitrogens with one attached hydrogen (secondary N) is 1. The van der Waals surface area contributed by atoms with E-state index < -0.39 is 0 Å². The van der Waals surface area contributed by atoms with Crippen LogP contribution in [0.25, 0.3) is 0 Å². The molecule has 2 saturated carbocycles. The van der Waals surface area contributed by atoms with Crippen molar-refractivity contribution in [1.82, 2.24) is 10.2 Å². The second-order valence-electron chi connectivity index (χ2n) is 7.99. The second-order valence-corrected chi connectivity index (χ2v) is 7.99. The summed E-state index contributed by atoms with van der Waals surface area (Å²) >= 11 is 0. The lowest BCUT2D eigenvalue weighted by Gasteiger charge is -2.38. The normalized spacial score (nSPS) is 26.3. The van der Waals surface area contributed by atoms with Gasteiger partial charge in [-0.05, 0) is 63.1 Å². The monoisotopic (exact) mass is 312 g/mol. The van der Waals surface area contributed by atoms with Crippen molar-refractivity contribution < 1.29 is 0 Å². The molecule has 0 spiro atoms. The first kappa shape index (κ1) is 15.7. The third-order valence-corrected chi connectivity index (χ3v) is 6.29. The summed E-state index contributed by atoms with van der Waals surface area (Å²) in [6, 6.07) is 13.5. The van der Waals surface area contributed by atoms with Gasteiger partial charge >= 0.3 is 0 Å². The number of hydrogen-bond acceptors (Lipinski definition) is 2. The third kappa shape index (κ3) is 3.97. The molecule has 1 aromatic rings. The van der Waals surface area contributed by atoms with Gasteiger partial charge in [0.25, 0.3) is 0 Å². The largest absolute Gasteiger partial charge is 0.307 e. The number of nitrogens with zero attached hydrogens (tertiary/aromatic N) is 1. The van der Waals surface area contributed by atoms with E-state index >= 15 is 0 Å². The Balaban J connectivity index is 1.40. The fraction of sp³-hybridized carbons (Fsp3) is 0.714. The van der Waals surface area contributed by atoms with Gasteiger partial charge in [-0.25, -0.2) is 0 Å².